The van der Waals surface area contributed by atoms with Crippen LogP contribution in [0.2, 0.25) is 0 Å². The minimum absolute atomic E-state index is 0.0682. The molecule has 0 saturated heterocycles. The topological polar surface area (TPSA) is 69.2 Å². The molecule has 114 valence electrons. The summed E-state index contributed by atoms with van der Waals surface area (Å²) >= 11 is 0. The zero-order valence-corrected chi connectivity index (χ0v) is 12.4. The van der Waals surface area contributed by atoms with Crippen LogP contribution in [0.3, 0.4) is 0 Å². The number of amides is 1. The van der Waals surface area contributed by atoms with Crippen molar-refractivity contribution in [3.63, 3.8) is 0 Å². The van der Waals surface area contributed by atoms with Crippen molar-refractivity contribution in [1.82, 2.24) is 0 Å². The molecule has 2 aromatic rings. The number of carbonyl (C=O) groups excluding carboxylic acids is 2. The average Bonchev–Trinajstić information content (AvgIpc) is 2.50. The van der Waals surface area contributed by atoms with Crippen molar-refractivity contribution in [2.45, 2.75) is 25.7 Å². The van der Waals surface area contributed by atoms with Crippen LogP contribution in [-0.2, 0) is 16.0 Å². The fourth-order valence-corrected chi connectivity index (χ4v) is 2.36. The predicted octanol–water partition coefficient (Wildman–Crippen LogP) is 2.11. The number of aliphatic carboxylic acids is 1. The van der Waals surface area contributed by atoms with Crippen LogP contribution in [0.15, 0.2) is 54.6 Å². The number of benzene rings is 2. The van der Waals surface area contributed by atoms with Crippen molar-refractivity contribution in [1.29, 1.82) is 0 Å². The van der Waals surface area contributed by atoms with E-state index in [1.165, 1.54) is 0 Å². The van der Waals surface area contributed by atoms with Gasteiger partial charge >= 0.3 is 0 Å². The molecule has 0 saturated carbocycles. The molecule has 0 aliphatic carbocycles. The fourth-order valence-electron chi connectivity index (χ4n) is 2.36. The second-order valence-corrected chi connectivity index (χ2v) is 5.11. The number of rotatable bonds is 6. The number of hydrogen-bond acceptors (Lipinski definition) is 3. The molecule has 0 spiro atoms. The normalized spacial score (nSPS) is 11.7. The van der Waals surface area contributed by atoms with Gasteiger partial charge in [0.2, 0.25) is 5.91 Å². The van der Waals surface area contributed by atoms with Crippen molar-refractivity contribution in [2.75, 3.05) is 5.32 Å². The quantitative estimate of drug-likeness (QED) is 0.887. The number of carbonyl (C=O) groups is 2. The summed E-state index contributed by atoms with van der Waals surface area (Å²) in [5.41, 5.74) is 2.28. The summed E-state index contributed by atoms with van der Waals surface area (Å²) in [6.07, 6.45) is 0.578. The third kappa shape index (κ3) is 4.19. The minimum Gasteiger partial charge on any atom is -0.550 e. The third-order valence-corrected chi connectivity index (χ3v) is 3.50. The summed E-state index contributed by atoms with van der Waals surface area (Å²) in [5, 5.41) is 13.4. The van der Waals surface area contributed by atoms with E-state index in [0.29, 0.717) is 17.7 Å². The van der Waals surface area contributed by atoms with Crippen molar-refractivity contribution >= 4 is 17.6 Å². The Kier molecular flexibility index (Phi) is 5.31. The maximum Gasteiger partial charge on any atom is 0.231 e. The van der Waals surface area contributed by atoms with E-state index < -0.39 is 5.97 Å². The molecule has 1 amide bonds. The van der Waals surface area contributed by atoms with Crippen molar-refractivity contribution in [3.8, 4) is 0 Å². The smallest absolute Gasteiger partial charge is 0.231 e. The lowest BCUT2D eigenvalue weighted by molar-refractivity contribution is -0.304. The summed E-state index contributed by atoms with van der Waals surface area (Å²) in [6, 6.07) is 16.4. The van der Waals surface area contributed by atoms with Gasteiger partial charge in [0.1, 0.15) is 0 Å². The molecule has 0 bridgehead atoms. The van der Waals surface area contributed by atoms with Gasteiger partial charge in [-0.2, -0.15) is 0 Å². The van der Waals surface area contributed by atoms with E-state index in [0.717, 1.165) is 5.56 Å². The van der Waals surface area contributed by atoms with Crippen molar-refractivity contribution in [2.24, 2.45) is 0 Å². The van der Waals surface area contributed by atoms with Gasteiger partial charge < -0.3 is 15.2 Å². The van der Waals surface area contributed by atoms with Crippen LogP contribution in [0, 0.1) is 0 Å². The van der Waals surface area contributed by atoms with E-state index >= 15 is 0 Å². The van der Waals surface area contributed by atoms with Crippen LogP contribution in [0.25, 0.3) is 0 Å². The molecule has 0 aliphatic rings. The molecule has 4 nitrogen and oxygen atoms in total. The summed E-state index contributed by atoms with van der Waals surface area (Å²) in [5.74, 6) is -1.39. The summed E-state index contributed by atoms with van der Waals surface area (Å²) in [6.45, 7) is 1.97. The SMILES string of the molecule is CCC(C(=O)Nc1ccc(CC(=O)[O-])cc1)c1ccccc1. The first-order valence-electron chi connectivity index (χ1n) is 7.24. The van der Waals surface area contributed by atoms with Gasteiger partial charge in [-0.3, -0.25) is 4.79 Å². The van der Waals surface area contributed by atoms with Gasteiger partial charge in [0, 0.05) is 18.1 Å². The maximum atomic E-state index is 12.4. The van der Waals surface area contributed by atoms with Crippen molar-refractivity contribution < 1.29 is 14.7 Å². The minimum atomic E-state index is -1.12. The van der Waals surface area contributed by atoms with E-state index in [1.807, 2.05) is 37.3 Å². The van der Waals surface area contributed by atoms with Gasteiger partial charge in [-0.05, 0) is 29.7 Å². The molecule has 2 rings (SSSR count). The Morgan fingerprint density at radius 3 is 2.23 bits per heavy atom. The molecule has 1 N–H and O–H groups in total. The molecular weight excluding hydrogens is 278 g/mol. The van der Waals surface area contributed by atoms with Crippen molar-refractivity contribution in [3.05, 3.63) is 65.7 Å². The van der Waals surface area contributed by atoms with Gasteiger partial charge in [-0.15, -0.1) is 0 Å². The van der Waals surface area contributed by atoms with Crippen LogP contribution in [0.4, 0.5) is 5.69 Å². The second-order valence-electron chi connectivity index (χ2n) is 5.11. The van der Waals surface area contributed by atoms with E-state index in [4.69, 9.17) is 0 Å². The number of nitrogens with one attached hydrogen (secondary N) is 1. The highest BCUT2D eigenvalue weighted by Gasteiger charge is 2.18. The Morgan fingerprint density at radius 2 is 1.68 bits per heavy atom. The molecule has 2 aromatic carbocycles. The first-order valence-corrected chi connectivity index (χ1v) is 7.24. The Balaban J connectivity index is 2.05. The highest BCUT2D eigenvalue weighted by Crippen LogP contribution is 2.21. The van der Waals surface area contributed by atoms with E-state index in [9.17, 15) is 14.7 Å². The van der Waals surface area contributed by atoms with Crippen LogP contribution in [0.1, 0.15) is 30.4 Å². The molecule has 0 aliphatic heterocycles. The number of carboxylic acid groups (broad SMARTS) is 1. The van der Waals surface area contributed by atoms with Crippen LogP contribution < -0.4 is 10.4 Å². The van der Waals surface area contributed by atoms with Gasteiger partial charge in [0.05, 0.1) is 5.92 Å². The van der Waals surface area contributed by atoms with Crippen LogP contribution in [-0.4, -0.2) is 11.9 Å². The van der Waals surface area contributed by atoms with Gasteiger partial charge in [0.25, 0.3) is 0 Å². The first kappa shape index (κ1) is 15.8. The fraction of sp³-hybridized carbons (Fsp3) is 0.222. The third-order valence-electron chi connectivity index (χ3n) is 3.50. The standard InChI is InChI=1S/C18H19NO3/c1-2-16(14-6-4-3-5-7-14)18(22)19-15-10-8-13(9-11-15)12-17(20)21/h3-11,16H,2,12H2,1H3,(H,19,22)(H,20,21)/p-1. The molecule has 0 radical (unpaired) electrons. The predicted molar refractivity (Wildman–Crippen MR) is 83.3 cm³/mol. The van der Waals surface area contributed by atoms with E-state index in [-0.39, 0.29) is 18.2 Å². The first-order chi connectivity index (χ1) is 10.6. The highest BCUT2D eigenvalue weighted by atomic mass is 16.4. The second kappa shape index (κ2) is 7.41. The molecular formula is C18H18NO3-. The molecule has 4 heteroatoms. The lowest BCUT2D eigenvalue weighted by atomic mass is 9.95. The summed E-state index contributed by atoms with van der Waals surface area (Å²) < 4.78 is 0. The summed E-state index contributed by atoms with van der Waals surface area (Å²) in [7, 11) is 0. The summed E-state index contributed by atoms with van der Waals surface area (Å²) in [4.78, 5) is 22.9. The van der Waals surface area contributed by atoms with E-state index in [2.05, 4.69) is 5.32 Å². The van der Waals surface area contributed by atoms with Gasteiger partial charge in [-0.25, -0.2) is 0 Å². The molecule has 1 unspecified atom stereocenters. The zero-order valence-electron chi connectivity index (χ0n) is 12.4. The molecule has 22 heavy (non-hydrogen) atoms. The zero-order chi connectivity index (χ0) is 15.9. The van der Waals surface area contributed by atoms with Crippen LogP contribution >= 0.6 is 0 Å². The maximum absolute atomic E-state index is 12.4. The monoisotopic (exact) mass is 296 g/mol. The Labute approximate surface area is 129 Å². The average molecular weight is 296 g/mol. The molecule has 0 fully saturated rings. The molecule has 1 atom stereocenters. The lowest BCUT2D eigenvalue weighted by Gasteiger charge is -2.15. The van der Waals surface area contributed by atoms with Gasteiger partial charge in [0.15, 0.2) is 0 Å². The number of anilines is 1. The molecule has 0 heterocycles. The number of carboxylic acids is 1. The largest absolute Gasteiger partial charge is 0.550 e. The van der Waals surface area contributed by atoms with E-state index in [1.54, 1.807) is 24.3 Å². The van der Waals surface area contributed by atoms with Crippen LogP contribution in [0.5, 0.6) is 0 Å². The van der Waals surface area contributed by atoms with Gasteiger partial charge in [-0.1, -0.05) is 49.4 Å². The Bertz CT molecular complexity index is 635. The Hall–Kier alpha value is -2.62. The highest BCUT2D eigenvalue weighted by molar-refractivity contribution is 5.95. The molecule has 0 aromatic heterocycles. The lowest BCUT2D eigenvalue weighted by Crippen LogP contribution is -2.24. The Morgan fingerprint density at radius 1 is 1.05 bits per heavy atom. The number of hydrogen-bond donors (Lipinski definition) is 1.